The number of hydrogen-bond donors (Lipinski definition) is 0. The summed E-state index contributed by atoms with van der Waals surface area (Å²) in [5, 5.41) is 1.16. The predicted molar refractivity (Wildman–Crippen MR) is 101 cm³/mol. The maximum Gasteiger partial charge on any atom is 0.227 e. The van der Waals surface area contributed by atoms with Crippen molar-refractivity contribution in [2.45, 2.75) is 6.42 Å². The Morgan fingerprint density at radius 1 is 0.840 bits per heavy atom. The number of nitrogens with zero attached hydrogens (tertiary/aromatic N) is 3. The monoisotopic (exact) mass is 331 g/mol. The van der Waals surface area contributed by atoms with Crippen molar-refractivity contribution >= 4 is 22.6 Å². The van der Waals surface area contributed by atoms with Crippen molar-refractivity contribution in [1.82, 2.24) is 9.88 Å². The largest absolute Gasteiger partial charge is 0.353 e. The molecule has 1 aliphatic heterocycles. The van der Waals surface area contributed by atoms with Crippen molar-refractivity contribution < 1.29 is 4.79 Å². The molecule has 0 bridgehead atoms. The molecule has 0 unspecified atom stereocenters. The molecule has 0 N–H and O–H groups in total. The van der Waals surface area contributed by atoms with E-state index >= 15 is 0 Å². The lowest BCUT2D eigenvalue weighted by Crippen LogP contribution is -2.49. The second-order valence-electron chi connectivity index (χ2n) is 6.39. The molecule has 3 aromatic rings. The number of benzene rings is 2. The van der Waals surface area contributed by atoms with E-state index in [-0.39, 0.29) is 5.91 Å². The van der Waals surface area contributed by atoms with Gasteiger partial charge in [-0.2, -0.15) is 0 Å². The molecule has 25 heavy (non-hydrogen) atoms. The lowest BCUT2D eigenvalue weighted by Gasteiger charge is -2.35. The molecule has 0 spiro atoms. The average Bonchev–Trinajstić information content (AvgIpc) is 2.68. The molecule has 4 nitrogen and oxygen atoms in total. The fraction of sp³-hybridized carbons (Fsp3) is 0.238. The van der Waals surface area contributed by atoms with E-state index in [9.17, 15) is 4.79 Å². The highest BCUT2D eigenvalue weighted by atomic mass is 16.2. The zero-order valence-corrected chi connectivity index (χ0v) is 14.1. The van der Waals surface area contributed by atoms with E-state index in [1.54, 1.807) is 0 Å². The van der Waals surface area contributed by atoms with Crippen molar-refractivity contribution in [1.29, 1.82) is 0 Å². The number of carbonyl (C=O) groups is 1. The van der Waals surface area contributed by atoms with Crippen LogP contribution in [0.3, 0.4) is 0 Å². The summed E-state index contributed by atoms with van der Waals surface area (Å²) in [5.41, 5.74) is 2.09. The van der Waals surface area contributed by atoms with Crippen molar-refractivity contribution in [3.63, 3.8) is 0 Å². The number of pyridine rings is 1. The highest BCUT2D eigenvalue weighted by Gasteiger charge is 2.22. The number of hydrogen-bond acceptors (Lipinski definition) is 3. The van der Waals surface area contributed by atoms with Crippen LogP contribution in [-0.4, -0.2) is 42.0 Å². The van der Waals surface area contributed by atoms with E-state index in [0.29, 0.717) is 6.42 Å². The minimum Gasteiger partial charge on any atom is -0.353 e. The van der Waals surface area contributed by atoms with Gasteiger partial charge in [0, 0.05) is 31.6 Å². The smallest absolute Gasteiger partial charge is 0.227 e. The van der Waals surface area contributed by atoms with Crippen LogP contribution in [-0.2, 0) is 11.2 Å². The Labute approximate surface area is 147 Å². The highest BCUT2D eigenvalue weighted by Crippen LogP contribution is 2.19. The van der Waals surface area contributed by atoms with E-state index in [0.717, 1.165) is 48.5 Å². The second kappa shape index (κ2) is 6.93. The van der Waals surface area contributed by atoms with Crippen LogP contribution in [0.15, 0.2) is 66.7 Å². The maximum absolute atomic E-state index is 12.5. The molecule has 4 rings (SSSR count). The van der Waals surface area contributed by atoms with Gasteiger partial charge in [-0.3, -0.25) is 4.79 Å². The third-order valence-electron chi connectivity index (χ3n) is 4.74. The predicted octanol–water partition coefficient (Wildman–Crippen LogP) is 3.13. The molecule has 4 heteroatoms. The Bertz CT molecular complexity index is 870. The van der Waals surface area contributed by atoms with Gasteiger partial charge < -0.3 is 9.80 Å². The summed E-state index contributed by atoms with van der Waals surface area (Å²) in [6.07, 6.45) is 0.481. The molecule has 1 amide bonds. The van der Waals surface area contributed by atoms with Crippen LogP contribution >= 0.6 is 0 Å². The van der Waals surface area contributed by atoms with Gasteiger partial charge >= 0.3 is 0 Å². The van der Waals surface area contributed by atoms with Gasteiger partial charge in [-0.25, -0.2) is 4.98 Å². The Hall–Kier alpha value is -2.88. The molecule has 0 atom stereocenters. The average molecular weight is 331 g/mol. The van der Waals surface area contributed by atoms with Crippen molar-refractivity contribution in [3.05, 3.63) is 72.3 Å². The first-order chi connectivity index (χ1) is 12.3. The zero-order valence-electron chi connectivity index (χ0n) is 14.1. The highest BCUT2D eigenvalue weighted by molar-refractivity contribution is 5.81. The minimum atomic E-state index is 0.206. The normalized spacial score (nSPS) is 14.7. The summed E-state index contributed by atoms with van der Waals surface area (Å²) in [5.74, 6) is 1.20. The van der Waals surface area contributed by atoms with Crippen LogP contribution in [0, 0.1) is 0 Å². The first-order valence-corrected chi connectivity index (χ1v) is 8.72. The summed E-state index contributed by atoms with van der Waals surface area (Å²) in [6.45, 7) is 3.15. The first-order valence-electron chi connectivity index (χ1n) is 8.72. The van der Waals surface area contributed by atoms with Gasteiger partial charge in [0.25, 0.3) is 0 Å². The van der Waals surface area contributed by atoms with Gasteiger partial charge in [0.05, 0.1) is 11.9 Å². The van der Waals surface area contributed by atoms with E-state index in [2.05, 4.69) is 23.1 Å². The fourth-order valence-electron chi connectivity index (χ4n) is 3.30. The summed E-state index contributed by atoms with van der Waals surface area (Å²) >= 11 is 0. The Morgan fingerprint density at radius 3 is 2.36 bits per heavy atom. The first kappa shape index (κ1) is 15.6. The number of anilines is 1. The fourth-order valence-corrected chi connectivity index (χ4v) is 3.30. The van der Waals surface area contributed by atoms with Crippen LogP contribution in [0.2, 0.25) is 0 Å². The maximum atomic E-state index is 12.5. The van der Waals surface area contributed by atoms with Gasteiger partial charge in [0.2, 0.25) is 5.91 Å². The lowest BCUT2D eigenvalue weighted by atomic mass is 10.1. The SMILES string of the molecule is O=C(Cc1ccccc1)N1CCN(c2ccc3ccccc3n2)CC1. The number of para-hydroxylation sites is 1. The van der Waals surface area contributed by atoms with Crippen molar-refractivity contribution in [2.24, 2.45) is 0 Å². The third kappa shape index (κ3) is 3.48. The van der Waals surface area contributed by atoms with E-state index in [1.807, 2.05) is 53.4 Å². The number of amides is 1. The van der Waals surface area contributed by atoms with Crippen molar-refractivity contribution in [3.8, 4) is 0 Å². The number of aromatic nitrogens is 1. The summed E-state index contributed by atoms with van der Waals surface area (Å²) in [7, 11) is 0. The summed E-state index contributed by atoms with van der Waals surface area (Å²) in [6, 6.07) is 22.3. The number of rotatable bonds is 3. The molecule has 1 fully saturated rings. The molecule has 0 radical (unpaired) electrons. The van der Waals surface area contributed by atoms with Gasteiger partial charge in [-0.15, -0.1) is 0 Å². The standard InChI is InChI=1S/C21H21N3O/c25-21(16-17-6-2-1-3-7-17)24-14-12-23(13-15-24)20-11-10-18-8-4-5-9-19(18)22-20/h1-11H,12-16H2. The molecule has 126 valence electrons. The van der Waals surface area contributed by atoms with Gasteiger partial charge in [0.1, 0.15) is 5.82 Å². The van der Waals surface area contributed by atoms with Crippen LogP contribution in [0.4, 0.5) is 5.82 Å². The van der Waals surface area contributed by atoms with Gasteiger partial charge in [-0.05, 0) is 23.8 Å². The van der Waals surface area contributed by atoms with Gasteiger partial charge in [-0.1, -0.05) is 48.5 Å². The lowest BCUT2D eigenvalue weighted by molar-refractivity contribution is -0.130. The van der Waals surface area contributed by atoms with E-state index in [4.69, 9.17) is 4.98 Å². The number of carbonyl (C=O) groups excluding carboxylic acids is 1. The Kier molecular flexibility index (Phi) is 4.34. The number of piperazine rings is 1. The molecule has 1 aromatic heterocycles. The molecule has 1 saturated heterocycles. The van der Waals surface area contributed by atoms with Crippen LogP contribution in [0.25, 0.3) is 10.9 Å². The molecular weight excluding hydrogens is 310 g/mol. The van der Waals surface area contributed by atoms with Crippen molar-refractivity contribution in [2.75, 3.05) is 31.1 Å². The molecular formula is C21H21N3O. The summed E-state index contributed by atoms with van der Waals surface area (Å²) in [4.78, 5) is 21.5. The molecule has 1 aliphatic rings. The molecule has 2 aromatic carbocycles. The molecule has 2 heterocycles. The number of fused-ring (bicyclic) bond motifs is 1. The zero-order chi connectivity index (χ0) is 17.1. The minimum absolute atomic E-state index is 0.206. The van der Waals surface area contributed by atoms with Crippen LogP contribution in [0.5, 0.6) is 0 Å². The van der Waals surface area contributed by atoms with Crippen LogP contribution in [0.1, 0.15) is 5.56 Å². The van der Waals surface area contributed by atoms with E-state index in [1.165, 1.54) is 0 Å². The topological polar surface area (TPSA) is 36.4 Å². The third-order valence-corrected chi connectivity index (χ3v) is 4.74. The Balaban J connectivity index is 1.39. The van der Waals surface area contributed by atoms with E-state index < -0.39 is 0 Å². The second-order valence-corrected chi connectivity index (χ2v) is 6.39. The summed E-state index contributed by atoms with van der Waals surface area (Å²) < 4.78 is 0. The molecule has 0 aliphatic carbocycles. The molecule has 0 saturated carbocycles. The van der Waals surface area contributed by atoms with Gasteiger partial charge in [0.15, 0.2) is 0 Å². The quantitative estimate of drug-likeness (QED) is 0.740. The van der Waals surface area contributed by atoms with Crippen LogP contribution < -0.4 is 4.90 Å². The Morgan fingerprint density at radius 2 is 1.56 bits per heavy atom.